The van der Waals surface area contributed by atoms with Crippen LogP contribution < -0.4 is 5.73 Å². The van der Waals surface area contributed by atoms with Gasteiger partial charge in [-0.3, -0.25) is 4.79 Å². The van der Waals surface area contributed by atoms with Gasteiger partial charge in [0.2, 0.25) is 0 Å². The number of carbonyl (C=O) groups is 1. The molecule has 2 nitrogen and oxygen atoms in total. The Morgan fingerprint density at radius 1 is 1.38 bits per heavy atom. The fraction of sp³-hybridized carbons (Fsp3) is 0.929. The molecule has 0 aromatic rings. The zero-order chi connectivity index (χ0) is 12.0. The number of nitrogens with two attached hydrogens (primary N) is 1. The molecule has 0 heterocycles. The first-order valence-corrected chi connectivity index (χ1v) is 6.93. The van der Waals surface area contributed by atoms with Crippen molar-refractivity contribution >= 4 is 5.78 Å². The van der Waals surface area contributed by atoms with E-state index < -0.39 is 0 Å². The monoisotopic (exact) mass is 225 g/mol. The van der Waals surface area contributed by atoms with E-state index in [0.29, 0.717) is 17.6 Å². The van der Waals surface area contributed by atoms with Crippen LogP contribution in [0.5, 0.6) is 0 Å². The van der Waals surface area contributed by atoms with Crippen LogP contribution in [0, 0.1) is 11.8 Å². The summed E-state index contributed by atoms with van der Waals surface area (Å²) in [6.45, 7) is 4.23. The van der Waals surface area contributed by atoms with Gasteiger partial charge < -0.3 is 5.73 Å². The summed E-state index contributed by atoms with van der Waals surface area (Å²) >= 11 is 0. The quantitative estimate of drug-likeness (QED) is 0.753. The van der Waals surface area contributed by atoms with E-state index in [1.807, 2.05) is 6.92 Å². The molecule has 0 radical (unpaired) electrons. The molecular weight excluding hydrogens is 198 g/mol. The average Bonchev–Trinajstić information content (AvgIpc) is 2.28. The van der Waals surface area contributed by atoms with Crippen molar-refractivity contribution in [3.05, 3.63) is 0 Å². The Balaban J connectivity index is 2.33. The molecule has 0 saturated heterocycles. The molecule has 3 atom stereocenters. The van der Waals surface area contributed by atoms with Crippen LogP contribution in [-0.4, -0.2) is 11.8 Å². The molecule has 2 N–H and O–H groups in total. The molecule has 0 aromatic carbocycles. The third kappa shape index (κ3) is 4.25. The summed E-state index contributed by atoms with van der Waals surface area (Å²) in [6, 6.07) is 0.237. The van der Waals surface area contributed by atoms with Crippen LogP contribution in [-0.2, 0) is 4.79 Å². The second kappa shape index (κ2) is 7.05. The minimum absolute atomic E-state index is 0.237. The molecule has 2 heteroatoms. The first kappa shape index (κ1) is 13.7. The Hall–Kier alpha value is -0.370. The van der Waals surface area contributed by atoms with Gasteiger partial charge in [-0.05, 0) is 38.5 Å². The minimum atomic E-state index is 0.237. The summed E-state index contributed by atoms with van der Waals surface area (Å²) in [7, 11) is 0. The average molecular weight is 225 g/mol. The van der Waals surface area contributed by atoms with Gasteiger partial charge in [0, 0.05) is 18.4 Å². The second-order valence-electron chi connectivity index (χ2n) is 5.40. The Labute approximate surface area is 100.0 Å². The van der Waals surface area contributed by atoms with Crippen molar-refractivity contribution in [3.63, 3.8) is 0 Å². The lowest BCUT2D eigenvalue weighted by Gasteiger charge is -2.29. The van der Waals surface area contributed by atoms with Crippen molar-refractivity contribution in [2.24, 2.45) is 17.6 Å². The number of Topliss-reactive ketones (excluding diaryl/α,β-unsaturated/α-hetero) is 1. The van der Waals surface area contributed by atoms with Gasteiger partial charge in [0.05, 0.1) is 0 Å². The highest BCUT2D eigenvalue weighted by Crippen LogP contribution is 2.33. The fourth-order valence-electron chi connectivity index (χ4n) is 2.90. The number of hydrogen-bond acceptors (Lipinski definition) is 2. The van der Waals surface area contributed by atoms with E-state index in [4.69, 9.17) is 5.73 Å². The third-order valence-corrected chi connectivity index (χ3v) is 3.93. The first-order valence-electron chi connectivity index (χ1n) is 6.93. The van der Waals surface area contributed by atoms with Crippen molar-refractivity contribution < 1.29 is 4.79 Å². The van der Waals surface area contributed by atoms with Gasteiger partial charge >= 0.3 is 0 Å². The maximum Gasteiger partial charge on any atom is 0.136 e. The van der Waals surface area contributed by atoms with E-state index in [1.54, 1.807) is 0 Å². The zero-order valence-electron chi connectivity index (χ0n) is 10.9. The molecule has 1 aliphatic rings. The molecule has 3 unspecified atom stereocenters. The Morgan fingerprint density at radius 2 is 2.06 bits per heavy atom. The molecule has 1 fully saturated rings. The first-order chi connectivity index (χ1) is 7.65. The predicted molar refractivity (Wildman–Crippen MR) is 68.2 cm³/mol. The van der Waals surface area contributed by atoms with Crippen molar-refractivity contribution in [1.82, 2.24) is 0 Å². The maximum absolute atomic E-state index is 12.1. The van der Waals surface area contributed by atoms with Crippen LogP contribution in [0.25, 0.3) is 0 Å². The van der Waals surface area contributed by atoms with Crippen molar-refractivity contribution in [1.29, 1.82) is 0 Å². The Bertz CT molecular complexity index is 213. The molecule has 0 bridgehead atoms. The van der Waals surface area contributed by atoms with Gasteiger partial charge in [-0.2, -0.15) is 0 Å². The van der Waals surface area contributed by atoms with E-state index >= 15 is 0 Å². The highest BCUT2D eigenvalue weighted by Gasteiger charge is 2.28. The van der Waals surface area contributed by atoms with Crippen molar-refractivity contribution in [2.45, 2.75) is 71.3 Å². The van der Waals surface area contributed by atoms with E-state index in [-0.39, 0.29) is 6.04 Å². The van der Waals surface area contributed by atoms with Gasteiger partial charge in [-0.25, -0.2) is 0 Å². The standard InChI is InChI=1S/C14H27NO/c1-3-12-8-4-5-9-13(12)14(16)10-6-7-11(2)15/h11-13H,3-10,15H2,1-2H3. The largest absolute Gasteiger partial charge is 0.328 e. The molecule has 1 rings (SSSR count). The normalized spacial score (nSPS) is 27.7. The molecule has 0 amide bonds. The lowest BCUT2D eigenvalue weighted by Crippen LogP contribution is -2.27. The lowest BCUT2D eigenvalue weighted by atomic mass is 9.75. The number of hydrogen-bond donors (Lipinski definition) is 1. The summed E-state index contributed by atoms with van der Waals surface area (Å²) in [5.41, 5.74) is 5.70. The van der Waals surface area contributed by atoms with Crippen LogP contribution in [0.1, 0.15) is 65.2 Å². The number of rotatable bonds is 6. The van der Waals surface area contributed by atoms with Crippen LogP contribution in [0.4, 0.5) is 0 Å². The molecule has 94 valence electrons. The number of carbonyl (C=O) groups excluding carboxylic acids is 1. The van der Waals surface area contributed by atoms with E-state index in [1.165, 1.54) is 25.7 Å². The summed E-state index contributed by atoms with van der Waals surface area (Å²) in [5.74, 6) is 1.54. The van der Waals surface area contributed by atoms with Crippen molar-refractivity contribution in [3.8, 4) is 0 Å². The minimum Gasteiger partial charge on any atom is -0.328 e. The Kier molecular flexibility index (Phi) is 6.04. The van der Waals surface area contributed by atoms with Crippen LogP contribution in [0.2, 0.25) is 0 Å². The summed E-state index contributed by atoms with van der Waals surface area (Å²) < 4.78 is 0. The third-order valence-electron chi connectivity index (χ3n) is 3.93. The fourth-order valence-corrected chi connectivity index (χ4v) is 2.90. The van der Waals surface area contributed by atoms with Crippen LogP contribution in [0.15, 0.2) is 0 Å². The summed E-state index contributed by atoms with van der Waals surface area (Å²) in [4.78, 5) is 12.1. The summed E-state index contributed by atoms with van der Waals surface area (Å²) in [5, 5.41) is 0. The van der Waals surface area contributed by atoms with Gasteiger partial charge in [0.15, 0.2) is 0 Å². The van der Waals surface area contributed by atoms with Gasteiger partial charge in [-0.15, -0.1) is 0 Å². The molecule has 0 spiro atoms. The van der Waals surface area contributed by atoms with Crippen LogP contribution >= 0.6 is 0 Å². The topological polar surface area (TPSA) is 43.1 Å². The predicted octanol–water partition coefficient (Wildman–Crippen LogP) is 3.29. The molecule has 16 heavy (non-hydrogen) atoms. The highest BCUT2D eigenvalue weighted by molar-refractivity contribution is 5.81. The molecule has 1 saturated carbocycles. The van der Waals surface area contributed by atoms with E-state index in [0.717, 1.165) is 25.7 Å². The second-order valence-corrected chi connectivity index (χ2v) is 5.40. The van der Waals surface area contributed by atoms with Crippen molar-refractivity contribution in [2.75, 3.05) is 0 Å². The molecule has 0 aliphatic heterocycles. The van der Waals surface area contributed by atoms with Gasteiger partial charge in [-0.1, -0.05) is 26.2 Å². The molecule has 1 aliphatic carbocycles. The maximum atomic E-state index is 12.1. The van der Waals surface area contributed by atoms with Gasteiger partial charge in [0.1, 0.15) is 5.78 Å². The summed E-state index contributed by atoms with van der Waals surface area (Å²) in [6.07, 6.45) is 8.85. The number of ketones is 1. The zero-order valence-corrected chi connectivity index (χ0v) is 10.9. The smallest absolute Gasteiger partial charge is 0.136 e. The SMILES string of the molecule is CCC1CCCCC1C(=O)CCCC(C)N. The van der Waals surface area contributed by atoms with Gasteiger partial charge in [0.25, 0.3) is 0 Å². The van der Waals surface area contributed by atoms with E-state index in [9.17, 15) is 4.79 Å². The molecular formula is C14H27NO. The Morgan fingerprint density at radius 3 is 2.69 bits per heavy atom. The lowest BCUT2D eigenvalue weighted by molar-refractivity contribution is -0.125. The highest BCUT2D eigenvalue weighted by atomic mass is 16.1. The van der Waals surface area contributed by atoms with Crippen LogP contribution in [0.3, 0.4) is 0 Å². The van der Waals surface area contributed by atoms with E-state index in [2.05, 4.69) is 6.92 Å². The molecule has 0 aromatic heterocycles.